The molecule has 0 radical (unpaired) electrons. The van der Waals surface area contributed by atoms with Crippen molar-refractivity contribution in [1.29, 1.82) is 0 Å². The van der Waals surface area contributed by atoms with Crippen LogP contribution in [0.5, 0.6) is 5.75 Å². The number of ether oxygens (including phenoxy) is 2. The van der Waals surface area contributed by atoms with Crippen molar-refractivity contribution in [2.75, 3.05) is 51.3 Å². The number of piperazine rings is 1. The Morgan fingerprint density at radius 3 is 2.50 bits per heavy atom. The molecule has 8 nitrogen and oxygen atoms in total. The van der Waals surface area contributed by atoms with Crippen LogP contribution in [0.1, 0.15) is 18.5 Å². The number of nitrogens with one attached hydrogen (secondary N) is 2. The molecule has 0 saturated carbocycles. The minimum Gasteiger partial charge on any atom is -0.494 e. The third-order valence-electron chi connectivity index (χ3n) is 6.01. The number of carbonyl (C=O) groups is 2. The average molecular weight is 485 g/mol. The highest BCUT2D eigenvalue weighted by Gasteiger charge is 2.34. The summed E-state index contributed by atoms with van der Waals surface area (Å²) in [5.41, 5.74) is 2.84. The summed E-state index contributed by atoms with van der Waals surface area (Å²) in [6.07, 6.45) is 0. The molecule has 180 valence electrons. The first-order valence-electron chi connectivity index (χ1n) is 11.3. The highest BCUT2D eigenvalue weighted by Crippen LogP contribution is 2.30. The lowest BCUT2D eigenvalue weighted by Gasteiger charge is -2.38. The molecule has 1 atom stereocenters. The number of esters is 1. The van der Waals surface area contributed by atoms with Gasteiger partial charge in [0.2, 0.25) is 0 Å². The van der Waals surface area contributed by atoms with Gasteiger partial charge in [0.15, 0.2) is 0 Å². The van der Waals surface area contributed by atoms with Gasteiger partial charge < -0.3 is 25.0 Å². The highest BCUT2D eigenvalue weighted by molar-refractivity contribution is 6.30. The van der Waals surface area contributed by atoms with E-state index in [0.29, 0.717) is 29.4 Å². The number of hydrogen-bond donors (Lipinski definition) is 2. The van der Waals surface area contributed by atoms with Crippen LogP contribution in [-0.2, 0) is 9.53 Å². The van der Waals surface area contributed by atoms with Gasteiger partial charge in [-0.1, -0.05) is 29.8 Å². The van der Waals surface area contributed by atoms with Gasteiger partial charge in [-0.3, -0.25) is 4.90 Å². The van der Waals surface area contributed by atoms with Gasteiger partial charge in [0.25, 0.3) is 0 Å². The van der Waals surface area contributed by atoms with E-state index in [0.717, 1.165) is 43.2 Å². The first-order chi connectivity index (χ1) is 16.5. The quantitative estimate of drug-likeness (QED) is 0.586. The Balaban J connectivity index is 1.53. The number of benzene rings is 2. The lowest BCUT2D eigenvalue weighted by molar-refractivity contribution is -0.136. The lowest BCUT2D eigenvalue weighted by Crippen LogP contribution is -2.51. The van der Waals surface area contributed by atoms with Crippen molar-refractivity contribution < 1.29 is 19.1 Å². The van der Waals surface area contributed by atoms with Crippen LogP contribution in [-0.4, -0.2) is 63.3 Å². The number of amides is 2. The van der Waals surface area contributed by atoms with Gasteiger partial charge >= 0.3 is 12.0 Å². The van der Waals surface area contributed by atoms with Gasteiger partial charge in [0, 0.05) is 49.1 Å². The molecule has 2 amide bonds. The summed E-state index contributed by atoms with van der Waals surface area (Å²) in [5.74, 6) is 0.256. The summed E-state index contributed by atoms with van der Waals surface area (Å²) in [6.45, 7) is 6.11. The van der Waals surface area contributed by atoms with Crippen LogP contribution in [0.3, 0.4) is 0 Å². The van der Waals surface area contributed by atoms with E-state index in [-0.39, 0.29) is 6.03 Å². The molecule has 9 heteroatoms. The predicted molar refractivity (Wildman–Crippen MR) is 131 cm³/mol. The smallest absolute Gasteiger partial charge is 0.338 e. The van der Waals surface area contributed by atoms with Crippen molar-refractivity contribution in [3.05, 3.63) is 70.4 Å². The third-order valence-corrected chi connectivity index (χ3v) is 6.25. The molecule has 0 bridgehead atoms. The van der Waals surface area contributed by atoms with Crippen LogP contribution in [0.4, 0.5) is 10.5 Å². The Kier molecular flexibility index (Phi) is 7.59. The summed E-state index contributed by atoms with van der Waals surface area (Å²) in [4.78, 5) is 29.8. The Morgan fingerprint density at radius 2 is 1.85 bits per heavy atom. The number of halogens is 1. The summed E-state index contributed by atoms with van der Waals surface area (Å²) in [6, 6.07) is 14.2. The monoisotopic (exact) mass is 484 g/mol. The zero-order valence-corrected chi connectivity index (χ0v) is 20.1. The van der Waals surface area contributed by atoms with Gasteiger partial charge in [0.1, 0.15) is 5.75 Å². The van der Waals surface area contributed by atoms with Crippen molar-refractivity contribution in [2.24, 2.45) is 0 Å². The topological polar surface area (TPSA) is 83.1 Å². The zero-order chi connectivity index (χ0) is 24.1. The molecule has 2 N–H and O–H groups in total. The Labute approximate surface area is 204 Å². The molecule has 2 aliphatic rings. The molecule has 0 aliphatic carbocycles. The fourth-order valence-corrected chi connectivity index (χ4v) is 4.51. The van der Waals surface area contributed by atoms with E-state index in [1.165, 1.54) is 7.11 Å². The molecule has 4 rings (SSSR count). The van der Waals surface area contributed by atoms with Crippen LogP contribution in [0.25, 0.3) is 0 Å². The zero-order valence-electron chi connectivity index (χ0n) is 19.3. The van der Waals surface area contributed by atoms with E-state index in [9.17, 15) is 9.59 Å². The molecule has 1 fully saturated rings. The van der Waals surface area contributed by atoms with Crippen LogP contribution in [0, 0.1) is 0 Å². The van der Waals surface area contributed by atoms with Crippen LogP contribution >= 0.6 is 11.6 Å². The van der Waals surface area contributed by atoms with Crippen LogP contribution < -0.4 is 20.3 Å². The number of anilines is 1. The number of nitrogens with zero attached hydrogens (tertiary/aromatic N) is 2. The van der Waals surface area contributed by atoms with Crippen molar-refractivity contribution in [1.82, 2.24) is 15.5 Å². The molecule has 2 aliphatic heterocycles. The molecule has 2 heterocycles. The number of methoxy groups -OCH3 is 1. The maximum Gasteiger partial charge on any atom is 0.338 e. The van der Waals surface area contributed by atoms with Gasteiger partial charge in [0.05, 0.1) is 25.3 Å². The molecular formula is C25H29ClN4O4. The fraction of sp³-hybridized carbons (Fsp3) is 0.360. The Bertz CT molecular complexity index is 1060. The SMILES string of the molecule is CCOc1ccc(C2NC(=O)NC(CN3CCN(c4cccc(Cl)c4)CC3)=C2C(=O)OC)cc1. The molecule has 1 unspecified atom stereocenters. The van der Waals surface area contributed by atoms with Crippen molar-refractivity contribution in [3.8, 4) is 5.75 Å². The average Bonchev–Trinajstić information content (AvgIpc) is 2.84. The standard InChI is InChI=1S/C25H29ClN4O4/c1-3-34-20-9-7-17(8-10-20)23-22(24(31)33-2)21(27-25(32)28-23)16-29-11-13-30(14-12-29)19-6-4-5-18(26)15-19/h4-10,15,23H,3,11-14,16H2,1-2H3,(H2,27,28,32). The van der Waals surface area contributed by atoms with Gasteiger partial charge in [-0.2, -0.15) is 0 Å². The third kappa shape index (κ3) is 5.46. The molecule has 0 aromatic heterocycles. The Morgan fingerprint density at radius 1 is 1.12 bits per heavy atom. The summed E-state index contributed by atoms with van der Waals surface area (Å²) in [5, 5.41) is 6.42. The molecule has 34 heavy (non-hydrogen) atoms. The molecule has 2 aromatic carbocycles. The predicted octanol–water partition coefficient (Wildman–Crippen LogP) is 3.34. The lowest BCUT2D eigenvalue weighted by atomic mass is 9.95. The maximum atomic E-state index is 12.8. The summed E-state index contributed by atoms with van der Waals surface area (Å²) < 4.78 is 10.6. The highest BCUT2D eigenvalue weighted by atomic mass is 35.5. The maximum absolute atomic E-state index is 12.8. The first-order valence-corrected chi connectivity index (χ1v) is 11.7. The van der Waals surface area contributed by atoms with Gasteiger partial charge in [-0.15, -0.1) is 0 Å². The van der Waals surface area contributed by atoms with Crippen LogP contribution in [0.2, 0.25) is 5.02 Å². The number of rotatable bonds is 7. The van der Waals surface area contributed by atoms with Gasteiger partial charge in [-0.05, 0) is 42.8 Å². The largest absolute Gasteiger partial charge is 0.494 e. The van der Waals surface area contributed by atoms with E-state index in [1.807, 2.05) is 55.5 Å². The Hall–Kier alpha value is -3.23. The van der Waals surface area contributed by atoms with E-state index in [1.54, 1.807) is 0 Å². The second-order valence-electron chi connectivity index (χ2n) is 8.16. The summed E-state index contributed by atoms with van der Waals surface area (Å²) in [7, 11) is 1.35. The van der Waals surface area contributed by atoms with E-state index < -0.39 is 12.0 Å². The number of urea groups is 1. The molecule has 2 aromatic rings. The van der Waals surface area contributed by atoms with Crippen LogP contribution in [0.15, 0.2) is 59.8 Å². The number of carbonyl (C=O) groups excluding carboxylic acids is 2. The minimum atomic E-state index is -0.611. The van der Waals surface area contributed by atoms with E-state index in [4.69, 9.17) is 21.1 Å². The summed E-state index contributed by atoms with van der Waals surface area (Å²) >= 11 is 6.14. The molecule has 1 saturated heterocycles. The molecule has 0 spiro atoms. The van der Waals surface area contributed by atoms with Gasteiger partial charge in [-0.25, -0.2) is 9.59 Å². The van der Waals surface area contributed by atoms with Crippen molar-refractivity contribution in [3.63, 3.8) is 0 Å². The normalized spacial score (nSPS) is 18.9. The molecular weight excluding hydrogens is 456 g/mol. The van der Waals surface area contributed by atoms with Crippen molar-refractivity contribution in [2.45, 2.75) is 13.0 Å². The second kappa shape index (κ2) is 10.8. The fourth-order valence-electron chi connectivity index (χ4n) is 4.33. The second-order valence-corrected chi connectivity index (χ2v) is 8.60. The number of hydrogen-bond acceptors (Lipinski definition) is 6. The first kappa shape index (κ1) is 23.9. The van der Waals surface area contributed by atoms with Crippen molar-refractivity contribution >= 4 is 29.3 Å². The minimum absolute atomic E-state index is 0.348. The van der Waals surface area contributed by atoms with E-state index >= 15 is 0 Å². The van der Waals surface area contributed by atoms with E-state index in [2.05, 4.69) is 20.4 Å².